The van der Waals surface area contributed by atoms with Gasteiger partial charge in [-0.05, 0) is 112 Å². The molecular formula is C53H55F4N9O5S2. The fourth-order valence-electron chi connectivity index (χ4n) is 8.93. The summed E-state index contributed by atoms with van der Waals surface area (Å²) in [5.74, 6) is -3.67. The lowest BCUT2D eigenvalue weighted by Crippen LogP contribution is -2.57. The van der Waals surface area contributed by atoms with Crippen LogP contribution in [-0.4, -0.2) is 80.2 Å². The van der Waals surface area contributed by atoms with E-state index in [0.29, 0.717) is 79.1 Å². The highest BCUT2D eigenvalue weighted by Crippen LogP contribution is 2.42. The quantitative estimate of drug-likeness (QED) is 0.0490. The predicted molar refractivity (Wildman–Crippen MR) is 273 cm³/mol. The van der Waals surface area contributed by atoms with Crippen LogP contribution in [0.3, 0.4) is 0 Å². The number of thiocarbonyl (C=S) groups is 1. The van der Waals surface area contributed by atoms with Crippen LogP contribution >= 0.6 is 23.6 Å². The fraction of sp³-hybridized carbons (Fsp3) is 0.377. The third-order valence-corrected chi connectivity index (χ3v) is 14.3. The molecule has 2 aliphatic rings. The van der Waals surface area contributed by atoms with Gasteiger partial charge in [-0.25, -0.2) is 9.37 Å². The van der Waals surface area contributed by atoms with Crippen molar-refractivity contribution in [3.05, 3.63) is 118 Å². The van der Waals surface area contributed by atoms with E-state index in [9.17, 15) is 42.4 Å². The number of pyridine rings is 1. The molecule has 7 rings (SSSR count). The molecule has 73 heavy (non-hydrogen) atoms. The van der Waals surface area contributed by atoms with E-state index in [-0.39, 0.29) is 35.2 Å². The van der Waals surface area contributed by atoms with Crippen LogP contribution in [0.4, 0.5) is 28.9 Å². The average Bonchev–Trinajstić information content (AvgIpc) is 4.06. The third kappa shape index (κ3) is 11.7. The number of likely N-dealkylation sites (tertiary alicyclic amines) is 1. The van der Waals surface area contributed by atoms with Gasteiger partial charge in [0.05, 0.1) is 51.0 Å². The number of benzene rings is 3. The molecule has 2 atom stereocenters. The summed E-state index contributed by atoms with van der Waals surface area (Å²) in [5, 5.41) is 17.7. The Hall–Kier alpha value is -7.11. The number of carbonyl (C=O) groups is 5. The molecule has 0 spiro atoms. The zero-order chi connectivity index (χ0) is 53.0. The lowest BCUT2D eigenvalue weighted by Gasteiger charge is -2.35. The van der Waals surface area contributed by atoms with Gasteiger partial charge in [-0.3, -0.25) is 33.9 Å². The molecule has 2 fully saturated rings. The van der Waals surface area contributed by atoms with Crippen LogP contribution in [0, 0.1) is 29.5 Å². The average molecular weight is 1040 g/mol. The standard InChI is InChI=1S/C53H55F4N9O5S2/c1-31-44(73-30-62-31)34-15-13-32(14-16-34)28-61-47(69)40-11-10-26-64(40)48(70)45(51(2,3)4)63-41(67)12-8-7-9-25-59-46(68)35-19-17-33(18-20-35)38-23-22-37(29-60-38)66-50(72)65(49(71)52(66,5)6)39-24-21-36(27-58)42(43(39)54)53(55,56)57/h13-24,29-30,40,45H,7-12,25-26,28H2,1-6H3,(H,59,68)(H,61,69)(H,63,67)/t40-,45+/m0/s1. The number of nitrogens with one attached hydrogen (secondary N) is 3. The van der Waals surface area contributed by atoms with Crippen molar-refractivity contribution in [3.8, 4) is 27.8 Å². The highest BCUT2D eigenvalue weighted by atomic mass is 32.1. The van der Waals surface area contributed by atoms with Gasteiger partial charge in [0.2, 0.25) is 17.7 Å². The van der Waals surface area contributed by atoms with Gasteiger partial charge in [0.25, 0.3) is 11.8 Å². The maximum atomic E-state index is 15.4. The Bertz CT molecular complexity index is 2950. The Morgan fingerprint density at radius 2 is 1.63 bits per heavy atom. The van der Waals surface area contributed by atoms with Crippen LogP contribution < -0.4 is 25.8 Å². The van der Waals surface area contributed by atoms with Gasteiger partial charge in [0.15, 0.2) is 10.9 Å². The van der Waals surface area contributed by atoms with Gasteiger partial charge in [0, 0.05) is 37.2 Å². The highest BCUT2D eigenvalue weighted by molar-refractivity contribution is 7.81. The Labute approximate surface area is 430 Å². The lowest BCUT2D eigenvalue weighted by molar-refractivity contribution is -0.144. The van der Waals surface area contributed by atoms with Gasteiger partial charge < -0.3 is 25.8 Å². The van der Waals surface area contributed by atoms with Crippen molar-refractivity contribution in [2.45, 2.75) is 110 Å². The molecule has 0 unspecified atom stereocenters. The molecule has 20 heteroatoms. The molecule has 2 aromatic heterocycles. The minimum Gasteiger partial charge on any atom is -0.352 e. The number of aromatic nitrogens is 2. The van der Waals surface area contributed by atoms with E-state index < -0.39 is 57.8 Å². The van der Waals surface area contributed by atoms with Crippen molar-refractivity contribution in [1.82, 2.24) is 30.8 Å². The molecule has 0 radical (unpaired) electrons. The Balaban J connectivity index is 0.855. The minimum absolute atomic E-state index is 0.180. The minimum atomic E-state index is -5.21. The molecule has 3 aromatic carbocycles. The molecular weight excluding hydrogens is 983 g/mol. The number of rotatable bonds is 16. The summed E-state index contributed by atoms with van der Waals surface area (Å²) in [5.41, 5.74) is 1.10. The summed E-state index contributed by atoms with van der Waals surface area (Å²) in [4.78, 5) is 80.8. The second-order valence-corrected chi connectivity index (χ2v) is 20.8. The van der Waals surface area contributed by atoms with Crippen molar-refractivity contribution in [1.29, 1.82) is 5.26 Å². The molecule has 0 aliphatic carbocycles. The first-order valence-corrected chi connectivity index (χ1v) is 25.0. The number of hydrogen-bond acceptors (Lipinski definition) is 10. The first-order valence-electron chi connectivity index (χ1n) is 23.7. The number of alkyl halides is 3. The number of halogens is 4. The molecule has 3 N–H and O–H groups in total. The summed E-state index contributed by atoms with van der Waals surface area (Å²) in [6, 6.07) is 19.5. The number of nitrogens with zero attached hydrogens (tertiary/aromatic N) is 6. The lowest BCUT2D eigenvalue weighted by atomic mass is 9.85. The zero-order valence-electron chi connectivity index (χ0n) is 41.2. The number of amides is 5. The van der Waals surface area contributed by atoms with Crippen LogP contribution in [0.15, 0.2) is 84.5 Å². The number of thiazole rings is 1. The maximum absolute atomic E-state index is 15.4. The van der Waals surface area contributed by atoms with E-state index in [1.165, 1.54) is 31.0 Å². The number of unbranched alkanes of at least 4 members (excludes halogenated alkanes) is 2. The molecule has 4 heterocycles. The summed E-state index contributed by atoms with van der Waals surface area (Å²) < 4.78 is 56.8. The smallest absolute Gasteiger partial charge is 0.352 e. The summed E-state index contributed by atoms with van der Waals surface area (Å²) in [6.07, 6.45) is -0.629. The predicted octanol–water partition coefficient (Wildman–Crippen LogP) is 9.26. The fourth-order valence-corrected chi connectivity index (χ4v) is 10.3. The van der Waals surface area contributed by atoms with E-state index in [2.05, 4.69) is 25.9 Å². The molecule has 14 nitrogen and oxygen atoms in total. The number of aryl methyl sites for hydroxylation is 1. The van der Waals surface area contributed by atoms with Gasteiger partial charge in [-0.15, -0.1) is 11.3 Å². The molecule has 2 saturated heterocycles. The number of hydrogen-bond donors (Lipinski definition) is 3. The van der Waals surface area contributed by atoms with E-state index >= 15 is 4.39 Å². The van der Waals surface area contributed by atoms with Crippen LogP contribution in [-0.2, 0) is 31.9 Å². The van der Waals surface area contributed by atoms with Gasteiger partial charge >= 0.3 is 6.18 Å². The van der Waals surface area contributed by atoms with Gasteiger partial charge in [-0.1, -0.05) is 63.6 Å². The number of carbonyl (C=O) groups excluding carboxylic acids is 5. The van der Waals surface area contributed by atoms with E-state index in [0.717, 1.165) is 33.8 Å². The third-order valence-electron chi connectivity index (χ3n) is 12.9. The molecule has 0 bridgehead atoms. The molecule has 5 amide bonds. The number of anilines is 2. The second-order valence-electron chi connectivity index (χ2n) is 19.5. The van der Waals surface area contributed by atoms with Crippen LogP contribution in [0.5, 0.6) is 0 Å². The van der Waals surface area contributed by atoms with Crippen molar-refractivity contribution in [2.24, 2.45) is 5.41 Å². The van der Waals surface area contributed by atoms with Crippen molar-refractivity contribution in [2.75, 3.05) is 22.9 Å². The first kappa shape index (κ1) is 53.7. The first-order chi connectivity index (χ1) is 34.5. The van der Waals surface area contributed by atoms with Crippen molar-refractivity contribution in [3.63, 3.8) is 0 Å². The summed E-state index contributed by atoms with van der Waals surface area (Å²) >= 11 is 7.11. The molecule has 2 aliphatic heterocycles. The molecule has 382 valence electrons. The van der Waals surface area contributed by atoms with Gasteiger partial charge in [-0.2, -0.15) is 18.4 Å². The van der Waals surface area contributed by atoms with Crippen LogP contribution in [0.1, 0.15) is 106 Å². The van der Waals surface area contributed by atoms with Crippen molar-refractivity contribution < 1.29 is 41.5 Å². The maximum Gasteiger partial charge on any atom is 0.420 e. The summed E-state index contributed by atoms with van der Waals surface area (Å²) in [7, 11) is 0. The second kappa shape index (κ2) is 21.9. The van der Waals surface area contributed by atoms with Crippen LogP contribution in [0.25, 0.3) is 21.7 Å². The topological polar surface area (TPSA) is 181 Å². The molecule has 5 aromatic rings. The molecule has 0 saturated carbocycles. The Morgan fingerprint density at radius 3 is 2.25 bits per heavy atom. The number of nitriles is 1. The summed E-state index contributed by atoms with van der Waals surface area (Å²) in [6.45, 7) is 11.7. The van der Waals surface area contributed by atoms with Gasteiger partial charge in [0.1, 0.15) is 23.2 Å². The van der Waals surface area contributed by atoms with E-state index in [4.69, 9.17) is 12.2 Å². The van der Waals surface area contributed by atoms with Crippen LogP contribution in [0.2, 0.25) is 0 Å². The largest absolute Gasteiger partial charge is 0.420 e. The monoisotopic (exact) mass is 1040 g/mol. The van der Waals surface area contributed by atoms with E-state index in [1.54, 1.807) is 52.6 Å². The highest BCUT2D eigenvalue weighted by Gasteiger charge is 2.52. The Kier molecular flexibility index (Phi) is 16.1. The van der Waals surface area contributed by atoms with E-state index in [1.807, 2.05) is 57.5 Å². The van der Waals surface area contributed by atoms with Crippen molar-refractivity contribution >= 4 is 69.6 Å². The SMILES string of the molecule is Cc1ncsc1-c1ccc(CNC(=O)[C@@H]2CCCN2C(=O)[C@@H](NC(=O)CCCCCNC(=O)c2ccc(-c3ccc(N4C(=S)N(c5ccc(C#N)c(C(F)(F)F)c5F)C(=O)C4(C)C)cn3)cc2)C(C)(C)C)cc1. The Morgan fingerprint density at radius 1 is 0.932 bits per heavy atom. The normalized spacial score (nSPS) is 16.1. The zero-order valence-corrected chi connectivity index (χ0v) is 42.8.